The predicted molar refractivity (Wildman–Crippen MR) is 99.9 cm³/mol. The van der Waals surface area contributed by atoms with Crippen LogP contribution >= 0.6 is 0 Å². The van der Waals surface area contributed by atoms with Crippen molar-refractivity contribution in [2.75, 3.05) is 31.2 Å². The first-order chi connectivity index (χ1) is 13.8. The summed E-state index contributed by atoms with van der Waals surface area (Å²) in [5, 5.41) is 9.56. The van der Waals surface area contributed by atoms with E-state index in [1.54, 1.807) is 6.07 Å². The van der Waals surface area contributed by atoms with Crippen molar-refractivity contribution < 1.29 is 32.6 Å². The molecule has 0 atom stereocenters. The Labute approximate surface area is 167 Å². The first kappa shape index (κ1) is 21.6. The number of alkyl halides is 3. The molecule has 6 nitrogen and oxygen atoms in total. The summed E-state index contributed by atoms with van der Waals surface area (Å²) in [5.41, 5.74) is 0.191. The van der Waals surface area contributed by atoms with Gasteiger partial charge in [-0.3, -0.25) is 9.69 Å². The summed E-state index contributed by atoms with van der Waals surface area (Å²) in [5.74, 6) is -3.40. The molecule has 0 bridgehead atoms. The minimum Gasteiger partial charge on any atom is -0.478 e. The number of amides is 1. The zero-order valence-electron chi connectivity index (χ0n) is 16.1. The molecule has 0 saturated carbocycles. The molecule has 2 heterocycles. The molecule has 160 valence electrons. The molecule has 2 saturated heterocycles. The Kier molecular flexibility index (Phi) is 6.79. The van der Waals surface area contributed by atoms with E-state index in [2.05, 4.69) is 4.90 Å². The van der Waals surface area contributed by atoms with Crippen LogP contribution < -0.4 is 4.90 Å². The molecule has 9 heteroatoms. The molecule has 0 radical (unpaired) electrons. The van der Waals surface area contributed by atoms with E-state index in [9.17, 15) is 27.9 Å². The number of ether oxygens (including phenoxy) is 1. The minimum absolute atomic E-state index is 0.193. The Hall–Kier alpha value is -2.13. The lowest BCUT2D eigenvalue weighted by Crippen LogP contribution is -2.50. The normalized spacial score (nSPS) is 19.1. The zero-order chi connectivity index (χ0) is 21.0. The minimum atomic E-state index is -5.10. The highest BCUT2D eigenvalue weighted by molar-refractivity contribution is 6.04. The molecule has 1 aromatic carbocycles. The fraction of sp³-hybridized carbons (Fsp3) is 0.600. The van der Waals surface area contributed by atoms with Crippen LogP contribution in [0.25, 0.3) is 0 Å². The fourth-order valence-electron chi connectivity index (χ4n) is 3.98. The number of hydrogen-bond acceptors (Lipinski definition) is 4. The quantitative estimate of drug-likeness (QED) is 0.799. The van der Waals surface area contributed by atoms with Crippen molar-refractivity contribution >= 4 is 17.6 Å². The average molecular weight is 414 g/mol. The zero-order valence-corrected chi connectivity index (χ0v) is 16.1. The summed E-state index contributed by atoms with van der Waals surface area (Å²) in [7, 11) is 0. The number of nitrogens with zero attached hydrogens (tertiary/aromatic N) is 2. The van der Waals surface area contributed by atoms with E-state index in [0.717, 1.165) is 32.4 Å². The van der Waals surface area contributed by atoms with E-state index < -0.39 is 24.1 Å². The van der Waals surface area contributed by atoms with E-state index in [1.165, 1.54) is 12.1 Å². The van der Waals surface area contributed by atoms with Crippen molar-refractivity contribution in [1.82, 2.24) is 4.90 Å². The van der Waals surface area contributed by atoms with Gasteiger partial charge < -0.3 is 14.7 Å². The third-order valence-electron chi connectivity index (χ3n) is 5.42. The summed E-state index contributed by atoms with van der Waals surface area (Å²) in [6.07, 6.45) is -1.40. The molecule has 29 heavy (non-hydrogen) atoms. The highest BCUT2D eigenvalue weighted by Crippen LogP contribution is 2.33. The van der Waals surface area contributed by atoms with Crippen LogP contribution in [0.15, 0.2) is 18.2 Å². The maximum atomic E-state index is 13.4. The van der Waals surface area contributed by atoms with Crippen LogP contribution in [-0.4, -0.2) is 60.4 Å². The van der Waals surface area contributed by atoms with Gasteiger partial charge in [-0.25, -0.2) is 4.79 Å². The lowest BCUT2D eigenvalue weighted by Gasteiger charge is -2.36. The number of aromatic carboxylic acids is 1. The number of carbonyl (C=O) groups excluding carboxylic acids is 1. The van der Waals surface area contributed by atoms with Gasteiger partial charge in [0.05, 0.1) is 11.3 Å². The van der Waals surface area contributed by atoms with Crippen LogP contribution in [0.4, 0.5) is 18.9 Å². The van der Waals surface area contributed by atoms with Gasteiger partial charge in [0.25, 0.3) is 0 Å². The number of carboxylic acid groups (broad SMARTS) is 1. The van der Waals surface area contributed by atoms with Crippen molar-refractivity contribution in [3.05, 3.63) is 29.3 Å². The number of rotatable bonds is 5. The topological polar surface area (TPSA) is 70.1 Å². The molecule has 1 aromatic rings. The molecule has 3 rings (SSSR count). The Bertz CT molecular complexity index is 742. The number of anilines is 1. The largest absolute Gasteiger partial charge is 0.478 e. The Morgan fingerprint density at radius 2 is 1.79 bits per heavy atom. The van der Waals surface area contributed by atoms with E-state index in [1.807, 2.05) is 0 Å². The van der Waals surface area contributed by atoms with Crippen LogP contribution in [0.1, 0.15) is 48.0 Å². The van der Waals surface area contributed by atoms with Crippen molar-refractivity contribution in [1.29, 1.82) is 0 Å². The fourth-order valence-corrected chi connectivity index (χ4v) is 3.98. The van der Waals surface area contributed by atoms with Gasteiger partial charge in [-0.05, 0) is 56.5 Å². The Balaban J connectivity index is 1.99. The van der Waals surface area contributed by atoms with Gasteiger partial charge in [-0.1, -0.05) is 12.5 Å². The van der Waals surface area contributed by atoms with Crippen molar-refractivity contribution in [2.45, 2.75) is 50.9 Å². The lowest BCUT2D eigenvalue weighted by molar-refractivity contribution is -0.171. The number of carboxylic acids is 1. The van der Waals surface area contributed by atoms with Gasteiger partial charge in [-0.2, -0.15) is 13.2 Å². The first-order valence-electron chi connectivity index (χ1n) is 9.84. The third-order valence-corrected chi connectivity index (χ3v) is 5.42. The number of carbonyl (C=O) groups is 2. The molecule has 2 aliphatic heterocycles. The molecule has 0 aliphatic carbocycles. The summed E-state index contributed by atoms with van der Waals surface area (Å²) in [4.78, 5) is 26.8. The standard InChI is InChI=1S/C20H25F3N2O4/c21-20(22,23)19(28)25(15-6-10-29-11-7-15)17-12-14(4-5-16(17)18(26)27)13-24-8-2-1-3-9-24/h4-5,12,15H,1-3,6-11,13H2,(H,26,27). The molecule has 2 fully saturated rings. The van der Waals surface area contributed by atoms with E-state index in [0.29, 0.717) is 17.0 Å². The number of hydrogen-bond donors (Lipinski definition) is 1. The van der Waals surface area contributed by atoms with Crippen LogP contribution in [0.2, 0.25) is 0 Å². The van der Waals surface area contributed by atoms with Crippen LogP contribution in [0.5, 0.6) is 0 Å². The summed E-state index contributed by atoms with van der Waals surface area (Å²) < 4.78 is 45.3. The molecular formula is C20H25F3N2O4. The maximum absolute atomic E-state index is 13.4. The number of piperidine rings is 1. The molecule has 2 aliphatic rings. The molecule has 1 amide bonds. The highest BCUT2D eigenvalue weighted by Gasteiger charge is 2.46. The van der Waals surface area contributed by atoms with E-state index >= 15 is 0 Å². The molecule has 1 N–H and O–H groups in total. The van der Waals surface area contributed by atoms with E-state index in [4.69, 9.17) is 4.74 Å². The summed E-state index contributed by atoms with van der Waals surface area (Å²) >= 11 is 0. The summed E-state index contributed by atoms with van der Waals surface area (Å²) in [6, 6.07) is 3.58. The highest BCUT2D eigenvalue weighted by atomic mass is 19.4. The maximum Gasteiger partial charge on any atom is 0.471 e. The van der Waals surface area contributed by atoms with Crippen LogP contribution in [-0.2, 0) is 16.1 Å². The van der Waals surface area contributed by atoms with Gasteiger partial charge in [-0.15, -0.1) is 0 Å². The average Bonchev–Trinajstić information content (AvgIpc) is 2.69. The number of benzene rings is 1. The Morgan fingerprint density at radius 1 is 1.14 bits per heavy atom. The van der Waals surface area contributed by atoms with Gasteiger partial charge in [0.1, 0.15) is 0 Å². The third kappa shape index (κ3) is 5.27. The van der Waals surface area contributed by atoms with Gasteiger partial charge >= 0.3 is 18.1 Å². The first-order valence-corrected chi connectivity index (χ1v) is 9.84. The number of halogens is 3. The number of likely N-dealkylation sites (tertiary alicyclic amines) is 1. The monoisotopic (exact) mass is 414 g/mol. The second-order valence-electron chi connectivity index (χ2n) is 7.51. The Morgan fingerprint density at radius 3 is 2.38 bits per heavy atom. The summed E-state index contributed by atoms with van der Waals surface area (Å²) in [6.45, 7) is 2.74. The second kappa shape index (κ2) is 9.13. The van der Waals surface area contributed by atoms with Gasteiger partial charge in [0, 0.05) is 25.8 Å². The van der Waals surface area contributed by atoms with E-state index in [-0.39, 0.29) is 37.3 Å². The van der Waals surface area contributed by atoms with Crippen molar-refractivity contribution in [2.24, 2.45) is 0 Å². The molecule has 0 aromatic heterocycles. The van der Waals surface area contributed by atoms with Crippen LogP contribution in [0, 0.1) is 0 Å². The molecular weight excluding hydrogens is 389 g/mol. The lowest BCUT2D eigenvalue weighted by atomic mass is 10.0. The molecule has 0 unspecified atom stereocenters. The van der Waals surface area contributed by atoms with Crippen molar-refractivity contribution in [3.8, 4) is 0 Å². The smallest absolute Gasteiger partial charge is 0.471 e. The SMILES string of the molecule is O=C(O)c1ccc(CN2CCCCC2)cc1N(C(=O)C(F)(F)F)C1CCOCC1. The predicted octanol–water partition coefficient (Wildman–Crippen LogP) is 3.45. The van der Waals surface area contributed by atoms with Crippen molar-refractivity contribution in [3.63, 3.8) is 0 Å². The van der Waals surface area contributed by atoms with Gasteiger partial charge in [0.2, 0.25) is 0 Å². The molecule has 0 spiro atoms. The van der Waals surface area contributed by atoms with Gasteiger partial charge in [0.15, 0.2) is 0 Å². The second-order valence-corrected chi connectivity index (χ2v) is 7.51. The van der Waals surface area contributed by atoms with Crippen LogP contribution in [0.3, 0.4) is 0 Å².